The van der Waals surface area contributed by atoms with Gasteiger partial charge in [0.25, 0.3) is 5.56 Å². The number of methoxy groups -OCH3 is 2. The van der Waals surface area contributed by atoms with Crippen molar-refractivity contribution in [2.75, 3.05) is 33.0 Å². The lowest BCUT2D eigenvalue weighted by molar-refractivity contribution is 0.343. The number of anilines is 1. The Morgan fingerprint density at radius 2 is 1.68 bits per heavy atom. The highest BCUT2D eigenvalue weighted by atomic mass is 35.5. The monoisotopic (exact) mass is 560 g/mol. The Balaban J connectivity index is 0.00000200. The number of piperidine rings is 1. The number of rotatable bonds is 6. The summed E-state index contributed by atoms with van der Waals surface area (Å²) in [6, 6.07) is 7.16. The van der Waals surface area contributed by atoms with E-state index in [-0.39, 0.29) is 36.2 Å². The summed E-state index contributed by atoms with van der Waals surface area (Å²) in [7, 11) is 3.09. The molecule has 0 unspecified atom stereocenters. The predicted molar refractivity (Wildman–Crippen MR) is 150 cm³/mol. The van der Waals surface area contributed by atoms with Crippen molar-refractivity contribution in [3.05, 3.63) is 58.8 Å². The van der Waals surface area contributed by atoms with Crippen LogP contribution in [0.1, 0.15) is 24.4 Å². The van der Waals surface area contributed by atoms with E-state index >= 15 is 0 Å². The number of nitrogens with one attached hydrogen (secondary N) is 1. The Hall–Kier alpha value is -3.67. The first-order valence-corrected chi connectivity index (χ1v) is 11.7. The first-order valence-electron chi connectivity index (χ1n) is 11.7. The second-order valence-electron chi connectivity index (χ2n) is 8.68. The molecule has 0 bridgehead atoms. The van der Waals surface area contributed by atoms with Gasteiger partial charge in [-0.3, -0.25) is 9.48 Å². The lowest BCUT2D eigenvalue weighted by Gasteiger charge is -2.22. The number of benzene rings is 1. The van der Waals surface area contributed by atoms with Crippen LogP contribution >= 0.6 is 24.8 Å². The van der Waals surface area contributed by atoms with Crippen LogP contribution in [0.25, 0.3) is 28.3 Å². The highest BCUT2D eigenvalue weighted by Gasteiger charge is 2.19. The molecule has 0 radical (unpaired) electrons. The highest BCUT2D eigenvalue weighted by molar-refractivity contribution is 5.85. The van der Waals surface area contributed by atoms with E-state index < -0.39 is 0 Å². The second-order valence-corrected chi connectivity index (χ2v) is 8.68. The molecule has 1 fully saturated rings. The number of nitrogens with two attached hydrogens (primary N) is 1. The van der Waals surface area contributed by atoms with Crippen LogP contribution in [0.5, 0.6) is 11.5 Å². The van der Waals surface area contributed by atoms with Gasteiger partial charge in [-0.25, -0.2) is 9.97 Å². The summed E-state index contributed by atoms with van der Waals surface area (Å²) < 4.78 is 14.0. The summed E-state index contributed by atoms with van der Waals surface area (Å²) in [5, 5.41) is 12.5. The van der Waals surface area contributed by atoms with Gasteiger partial charge in [-0.05, 0) is 38.9 Å². The molecule has 0 amide bonds. The first kappa shape index (κ1) is 28.9. The molecule has 5 rings (SSSR count). The molecule has 4 heterocycles. The average Bonchev–Trinajstić information content (AvgIpc) is 3.41. The quantitative estimate of drug-likeness (QED) is 0.364. The minimum Gasteiger partial charge on any atom is -0.497 e. The van der Waals surface area contributed by atoms with Gasteiger partial charge in [0.1, 0.15) is 22.9 Å². The maximum atomic E-state index is 13.0. The zero-order chi connectivity index (χ0) is 25.2. The van der Waals surface area contributed by atoms with Gasteiger partial charge in [0.15, 0.2) is 5.82 Å². The molecule has 13 heteroatoms. The van der Waals surface area contributed by atoms with E-state index in [1.807, 2.05) is 10.9 Å². The van der Waals surface area contributed by atoms with Gasteiger partial charge in [0, 0.05) is 35.5 Å². The zero-order valence-electron chi connectivity index (χ0n) is 21.2. The second kappa shape index (κ2) is 12.2. The van der Waals surface area contributed by atoms with Crippen LogP contribution < -0.4 is 26.1 Å². The van der Waals surface area contributed by atoms with Crippen LogP contribution in [0.15, 0.2) is 47.7 Å². The lowest BCUT2D eigenvalue weighted by Crippen LogP contribution is -2.29. The summed E-state index contributed by atoms with van der Waals surface area (Å²) in [4.78, 5) is 22.1. The van der Waals surface area contributed by atoms with E-state index in [1.54, 1.807) is 57.8 Å². The minimum absolute atomic E-state index is 0. The fourth-order valence-electron chi connectivity index (χ4n) is 4.29. The SMILES string of the molecule is COc1cc(OC)cc(-n2nc(-c3nc(-c4cnn(C5CCNCC5)c4)cnc3N)cc(C)c2=O)c1.Cl.Cl. The van der Waals surface area contributed by atoms with Gasteiger partial charge in [0.05, 0.1) is 44.0 Å². The number of hydrogen-bond acceptors (Lipinski definition) is 9. The third kappa shape index (κ3) is 5.74. The Morgan fingerprint density at radius 1 is 1.00 bits per heavy atom. The van der Waals surface area contributed by atoms with Gasteiger partial charge in [0.2, 0.25) is 0 Å². The Labute approximate surface area is 232 Å². The summed E-state index contributed by atoms with van der Waals surface area (Å²) in [6.45, 7) is 3.68. The molecule has 0 aliphatic carbocycles. The van der Waals surface area contributed by atoms with Crippen LogP contribution in [-0.4, -0.2) is 56.8 Å². The van der Waals surface area contributed by atoms with Crippen molar-refractivity contribution in [3.63, 3.8) is 0 Å². The van der Waals surface area contributed by atoms with Crippen LogP contribution in [0.4, 0.5) is 5.82 Å². The number of nitrogens with zero attached hydrogens (tertiary/aromatic N) is 6. The van der Waals surface area contributed by atoms with E-state index in [4.69, 9.17) is 20.2 Å². The zero-order valence-corrected chi connectivity index (χ0v) is 22.9. The molecule has 1 saturated heterocycles. The molecule has 0 atom stereocenters. The van der Waals surface area contributed by atoms with Crippen molar-refractivity contribution in [1.82, 2.24) is 34.8 Å². The van der Waals surface area contributed by atoms with Crippen molar-refractivity contribution in [2.24, 2.45) is 0 Å². The molecule has 3 aromatic heterocycles. The molecular weight excluding hydrogens is 531 g/mol. The molecule has 0 saturated carbocycles. The molecule has 38 heavy (non-hydrogen) atoms. The molecule has 1 aromatic carbocycles. The fourth-order valence-corrected chi connectivity index (χ4v) is 4.29. The van der Waals surface area contributed by atoms with Crippen molar-refractivity contribution in [2.45, 2.75) is 25.8 Å². The van der Waals surface area contributed by atoms with Gasteiger partial charge >= 0.3 is 0 Å². The van der Waals surface area contributed by atoms with Crippen molar-refractivity contribution in [3.8, 4) is 39.8 Å². The molecule has 4 aromatic rings. The van der Waals surface area contributed by atoms with E-state index in [2.05, 4.69) is 20.5 Å². The van der Waals surface area contributed by atoms with E-state index in [9.17, 15) is 4.79 Å². The standard InChI is InChI=1S/C25H28N8O3.2ClH/c1-15-8-21(31-33(25(15)34)18-9-19(35-2)11-20(10-18)36-3)23-24(26)28-13-22(30-23)16-12-29-32(14-16)17-4-6-27-7-5-17;;/h8-14,17,27H,4-7H2,1-3H3,(H2,26,28);2*1H. The highest BCUT2D eigenvalue weighted by Crippen LogP contribution is 2.28. The number of aryl methyl sites for hydroxylation is 1. The molecule has 1 aliphatic rings. The fraction of sp³-hybridized carbons (Fsp3) is 0.320. The maximum Gasteiger partial charge on any atom is 0.274 e. The van der Waals surface area contributed by atoms with Crippen molar-refractivity contribution >= 4 is 30.6 Å². The number of nitrogen functional groups attached to an aromatic ring is 1. The maximum absolute atomic E-state index is 13.0. The van der Waals surface area contributed by atoms with E-state index in [0.717, 1.165) is 31.5 Å². The van der Waals surface area contributed by atoms with E-state index in [0.29, 0.717) is 45.9 Å². The van der Waals surface area contributed by atoms with Crippen LogP contribution in [0.2, 0.25) is 0 Å². The third-order valence-electron chi connectivity index (χ3n) is 6.29. The van der Waals surface area contributed by atoms with Crippen LogP contribution in [0, 0.1) is 6.92 Å². The summed E-state index contributed by atoms with van der Waals surface area (Å²) >= 11 is 0. The predicted octanol–water partition coefficient (Wildman–Crippen LogP) is 3.23. The Bertz CT molecular complexity index is 1450. The Kier molecular flexibility index (Phi) is 9.31. The average molecular weight is 561 g/mol. The van der Waals surface area contributed by atoms with Crippen molar-refractivity contribution < 1.29 is 9.47 Å². The Morgan fingerprint density at radius 3 is 2.34 bits per heavy atom. The summed E-state index contributed by atoms with van der Waals surface area (Å²) in [5.41, 5.74) is 9.18. The molecule has 1 aliphatic heterocycles. The topological polar surface area (TPSA) is 135 Å². The minimum atomic E-state index is -0.278. The summed E-state index contributed by atoms with van der Waals surface area (Å²) in [6.07, 6.45) is 7.45. The summed E-state index contributed by atoms with van der Waals surface area (Å²) in [5.74, 6) is 1.28. The number of halogens is 2. The normalized spacial score (nSPS) is 13.3. The van der Waals surface area contributed by atoms with Gasteiger partial charge in [-0.1, -0.05) is 0 Å². The van der Waals surface area contributed by atoms with Crippen LogP contribution in [-0.2, 0) is 0 Å². The lowest BCUT2D eigenvalue weighted by atomic mass is 10.1. The number of ether oxygens (including phenoxy) is 2. The number of aromatic nitrogens is 6. The largest absolute Gasteiger partial charge is 0.497 e. The molecule has 11 nitrogen and oxygen atoms in total. The third-order valence-corrected chi connectivity index (χ3v) is 6.29. The smallest absolute Gasteiger partial charge is 0.274 e. The number of hydrogen-bond donors (Lipinski definition) is 2. The molecular formula is C25H30Cl2N8O3. The van der Waals surface area contributed by atoms with Gasteiger partial charge in [-0.15, -0.1) is 24.8 Å². The molecule has 0 spiro atoms. The van der Waals surface area contributed by atoms with E-state index in [1.165, 1.54) is 4.68 Å². The van der Waals surface area contributed by atoms with Gasteiger partial charge < -0.3 is 20.5 Å². The van der Waals surface area contributed by atoms with Crippen molar-refractivity contribution in [1.29, 1.82) is 0 Å². The molecule has 3 N–H and O–H groups in total. The first-order chi connectivity index (χ1) is 17.5. The van der Waals surface area contributed by atoms with Crippen LogP contribution in [0.3, 0.4) is 0 Å². The molecule has 202 valence electrons. The van der Waals surface area contributed by atoms with Gasteiger partial charge in [-0.2, -0.15) is 14.9 Å².